The average molecular weight is 361 g/mol. The Hall–Kier alpha value is -1.93. The fraction of sp³-hybridized carbons (Fsp3) is 0.722. The minimum absolute atomic E-state index is 0.0941. The summed E-state index contributed by atoms with van der Waals surface area (Å²) in [6, 6.07) is 1.09. The van der Waals surface area contributed by atoms with Gasteiger partial charge in [0.15, 0.2) is 11.5 Å². The van der Waals surface area contributed by atoms with Gasteiger partial charge in [0.25, 0.3) is 0 Å². The van der Waals surface area contributed by atoms with Crippen LogP contribution in [0.3, 0.4) is 0 Å². The monoisotopic (exact) mass is 361 g/mol. The quantitative estimate of drug-likeness (QED) is 0.660. The van der Waals surface area contributed by atoms with Crippen molar-refractivity contribution >= 4 is 22.9 Å². The van der Waals surface area contributed by atoms with E-state index in [9.17, 15) is 5.11 Å². The molecule has 0 bridgehead atoms. The van der Waals surface area contributed by atoms with Crippen molar-refractivity contribution in [2.75, 3.05) is 36.5 Å². The first-order valence-electron chi connectivity index (χ1n) is 9.59. The molecule has 2 aromatic rings. The standard InChI is InChI=1S/C18H31N7O/c1-12(2)24(13(3)4)9-7-19-16-15-17(21-11-20-15)23-18(22-16)25-8-5-6-14(25)10-26/h11-14,26H,5-10H2,1-4H3,(H2,19,20,21,22,23). The van der Waals surface area contributed by atoms with Crippen LogP contribution in [0.15, 0.2) is 6.33 Å². The lowest BCUT2D eigenvalue weighted by Gasteiger charge is -2.30. The molecule has 3 heterocycles. The van der Waals surface area contributed by atoms with E-state index in [1.165, 1.54) is 0 Å². The number of aromatic amines is 1. The van der Waals surface area contributed by atoms with E-state index in [4.69, 9.17) is 4.98 Å². The third-order valence-electron chi connectivity index (χ3n) is 5.11. The van der Waals surface area contributed by atoms with Crippen molar-refractivity contribution in [2.45, 2.75) is 58.7 Å². The van der Waals surface area contributed by atoms with Gasteiger partial charge in [-0.1, -0.05) is 0 Å². The van der Waals surface area contributed by atoms with Gasteiger partial charge in [0.2, 0.25) is 5.95 Å². The van der Waals surface area contributed by atoms with Crippen molar-refractivity contribution in [1.82, 2.24) is 24.8 Å². The van der Waals surface area contributed by atoms with E-state index in [-0.39, 0.29) is 12.6 Å². The molecule has 0 aliphatic carbocycles. The van der Waals surface area contributed by atoms with Crippen molar-refractivity contribution in [2.24, 2.45) is 0 Å². The molecule has 1 fully saturated rings. The normalized spacial score (nSPS) is 18.0. The van der Waals surface area contributed by atoms with Crippen molar-refractivity contribution in [1.29, 1.82) is 0 Å². The number of aliphatic hydroxyl groups excluding tert-OH is 1. The average Bonchev–Trinajstić information content (AvgIpc) is 3.25. The van der Waals surface area contributed by atoms with Gasteiger partial charge in [-0.15, -0.1) is 0 Å². The van der Waals surface area contributed by atoms with Crippen LogP contribution in [0, 0.1) is 0 Å². The highest BCUT2D eigenvalue weighted by Crippen LogP contribution is 2.26. The highest BCUT2D eigenvalue weighted by molar-refractivity contribution is 5.83. The number of fused-ring (bicyclic) bond motifs is 1. The summed E-state index contributed by atoms with van der Waals surface area (Å²) in [5.41, 5.74) is 1.49. The van der Waals surface area contributed by atoms with Gasteiger partial charge in [0.05, 0.1) is 19.0 Å². The third kappa shape index (κ3) is 3.91. The number of imidazole rings is 1. The van der Waals surface area contributed by atoms with Gasteiger partial charge in [0, 0.05) is 31.7 Å². The Morgan fingerprint density at radius 2 is 2.08 bits per heavy atom. The number of hydrogen-bond acceptors (Lipinski definition) is 7. The highest BCUT2D eigenvalue weighted by atomic mass is 16.3. The molecule has 1 atom stereocenters. The van der Waals surface area contributed by atoms with Crippen LogP contribution in [0.4, 0.5) is 11.8 Å². The van der Waals surface area contributed by atoms with Gasteiger partial charge >= 0.3 is 0 Å². The Labute approximate surface area is 155 Å². The van der Waals surface area contributed by atoms with Crippen molar-refractivity contribution in [3.05, 3.63) is 6.33 Å². The molecule has 8 heteroatoms. The predicted molar refractivity (Wildman–Crippen MR) is 105 cm³/mol. The number of anilines is 2. The maximum Gasteiger partial charge on any atom is 0.229 e. The molecule has 1 unspecified atom stereocenters. The molecular formula is C18H31N7O. The zero-order chi connectivity index (χ0) is 18.7. The molecule has 0 spiro atoms. The van der Waals surface area contributed by atoms with Crippen LogP contribution in [0.25, 0.3) is 11.2 Å². The Kier molecular flexibility index (Phi) is 5.93. The van der Waals surface area contributed by atoms with Crippen molar-refractivity contribution in [3.8, 4) is 0 Å². The number of nitrogens with zero attached hydrogens (tertiary/aromatic N) is 5. The predicted octanol–water partition coefficient (Wildman–Crippen LogP) is 1.84. The molecule has 8 nitrogen and oxygen atoms in total. The Morgan fingerprint density at radius 3 is 2.77 bits per heavy atom. The summed E-state index contributed by atoms with van der Waals surface area (Å²) in [7, 11) is 0. The second-order valence-electron chi connectivity index (χ2n) is 7.50. The number of aliphatic hydroxyl groups is 1. The fourth-order valence-corrected chi connectivity index (χ4v) is 3.78. The smallest absolute Gasteiger partial charge is 0.229 e. The van der Waals surface area contributed by atoms with Crippen LogP contribution in [0.1, 0.15) is 40.5 Å². The summed E-state index contributed by atoms with van der Waals surface area (Å²) in [5, 5.41) is 13.1. The number of aromatic nitrogens is 4. The first kappa shape index (κ1) is 18.8. The van der Waals surface area contributed by atoms with Crippen LogP contribution in [-0.4, -0.2) is 74.3 Å². The zero-order valence-corrected chi connectivity index (χ0v) is 16.2. The molecule has 2 aromatic heterocycles. The number of nitrogens with one attached hydrogen (secondary N) is 2. The molecule has 0 amide bonds. The Balaban J connectivity index is 1.78. The SMILES string of the molecule is CC(C)N(CCNc1nc(N2CCCC2CO)nc2nc[nH]c12)C(C)C. The lowest BCUT2D eigenvalue weighted by molar-refractivity contribution is 0.182. The van der Waals surface area contributed by atoms with Crippen LogP contribution >= 0.6 is 0 Å². The first-order chi connectivity index (χ1) is 12.5. The summed E-state index contributed by atoms with van der Waals surface area (Å²) in [6.07, 6.45) is 3.67. The van der Waals surface area contributed by atoms with Crippen molar-refractivity contribution < 1.29 is 5.11 Å². The Morgan fingerprint density at radius 1 is 1.31 bits per heavy atom. The van der Waals surface area contributed by atoms with Gasteiger partial charge < -0.3 is 20.3 Å². The van der Waals surface area contributed by atoms with E-state index in [0.29, 0.717) is 23.7 Å². The van der Waals surface area contributed by atoms with Crippen LogP contribution in [-0.2, 0) is 0 Å². The molecule has 0 saturated carbocycles. The maximum atomic E-state index is 9.61. The number of hydrogen-bond donors (Lipinski definition) is 3. The highest BCUT2D eigenvalue weighted by Gasteiger charge is 2.27. The summed E-state index contributed by atoms with van der Waals surface area (Å²) in [4.78, 5) is 21.3. The molecular weight excluding hydrogens is 330 g/mol. The molecule has 1 aliphatic rings. The Bertz CT molecular complexity index is 707. The molecule has 0 aromatic carbocycles. The minimum Gasteiger partial charge on any atom is -0.394 e. The molecule has 3 rings (SSSR count). The molecule has 144 valence electrons. The van der Waals surface area contributed by atoms with E-state index >= 15 is 0 Å². The van der Waals surface area contributed by atoms with Gasteiger partial charge in [-0.25, -0.2) is 4.98 Å². The number of rotatable bonds is 8. The molecule has 0 radical (unpaired) electrons. The lowest BCUT2D eigenvalue weighted by Crippen LogP contribution is -2.40. The van der Waals surface area contributed by atoms with Crippen LogP contribution in [0.2, 0.25) is 0 Å². The van der Waals surface area contributed by atoms with E-state index in [2.05, 4.69) is 57.8 Å². The third-order valence-corrected chi connectivity index (χ3v) is 5.11. The van der Waals surface area contributed by atoms with E-state index in [1.54, 1.807) is 6.33 Å². The molecule has 3 N–H and O–H groups in total. The van der Waals surface area contributed by atoms with Crippen molar-refractivity contribution in [3.63, 3.8) is 0 Å². The number of H-pyrrole nitrogens is 1. The summed E-state index contributed by atoms with van der Waals surface area (Å²) < 4.78 is 0. The second-order valence-corrected chi connectivity index (χ2v) is 7.50. The molecule has 1 aliphatic heterocycles. The van der Waals surface area contributed by atoms with E-state index in [1.807, 2.05) is 0 Å². The first-order valence-corrected chi connectivity index (χ1v) is 9.59. The maximum absolute atomic E-state index is 9.61. The van der Waals surface area contributed by atoms with Gasteiger partial charge in [0.1, 0.15) is 5.52 Å². The van der Waals surface area contributed by atoms with Gasteiger partial charge in [-0.3, -0.25) is 4.90 Å². The molecule has 1 saturated heterocycles. The minimum atomic E-state index is 0.0941. The second kappa shape index (κ2) is 8.18. The van der Waals surface area contributed by atoms with Crippen LogP contribution in [0.5, 0.6) is 0 Å². The fourth-order valence-electron chi connectivity index (χ4n) is 3.78. The summed E-state index contributed by atoms with van der Waals surface area (Å²) >= 11 is 0. The van der Waals surface area contributed by atoms with Crippen LogP contribution < -0.4 is 10.2 Å². The topological polar surface area (TPSA) is 93.2 Å². The zero-order valence-electron chi connectivity index (χ0n) is 16.2. The summed E-state index contributed by atoms with van der Waals surface area (Å²) in [5.74, 6) is 1.42. The van der Waals surface area contributed by atoms with E-state index < -0.39 is 0 Å². The lowest BCUT2D eigenvalue weighted by atomic mass is 10.2. The van der Waals surface area contributed by atoms with Gasteiger partial charge in [-0.05, 0) is 40.5 Å². The van der Waals surface area contributed by atoms with E-state index in [0.717, 1.165) is 43.8 Å². The summed E-state index contributed by atoms with van der Waals surface area (Å²) in [6.45, 7) is 11.6. The largest absolute Gasteiger partial charge is 0.394 e. The van der Waals surface area contributed by atoms with Gasteiger partial charge in [-0.2, -0.15) is 9.97 Å². The molecule has 26 heavy (non-hydrogen) atoms.